The fourth-order valence-corrected chi connectivity index (χ4v) is 2.16. The van der Waals surface area contributed by atoms with Gasteiger partial charge in [0.05, 0.1) is 7.11 Å². The number of amides is 1. The van der Waals surface area contributed by atoms with Crippen LogP contribution in [0.1, 0.15) is 24.0 Å². The van der Waals surface area contributed by atoms with Crippen LogP contribution in [0.5, 0.6) is 5.75 Å². The summed E-state index contributed by atoms with van der Waals surface area (Å²) in [5.41, 5.74) is 1.87. The molecule has 112 valence electrons. The zero-order chi connectivity index (χ0) is 15.4. The number of benzene rings is 1. The number of ether oxygens (including phenoxy) is 1. The molecule has 0 radical (unpaired) electrons. The Hall–Kier alpha value is -2.30. The second kappa shape index (κ2) is 6.43. The third kappa shape index (κ3) is 4.08. The number of aryl methyl sites for hydroxylation is 1. The Labute approximate surface area is 123 Å². The van der Waals surface area contributed by atoms with E-state index in [1.807, 2.05) is 25.1 Å². The monoisotopic (exact) mass is 289 g/mol. The average molecular weight is 289 g/mol. The lowest BCUT2D eigenvalue weighted by Crippen LogP contribution is -2.36. The van der Waals surface area contributed by atoms with Crippen molar-refractivity contribution in [1.82, 2.24) is 4.90 Å². The van der Waals surface area contributed by atoms with Crippen molar-refractivity contribution in [3.05, 3.63) is 35.4 Å². The Kier molecular flexibility index (Phi) is 4.62. The van der Waals surface area contributed by atoms with Crippen LogP contribution in [-0.4, -0.2) is 41.6 Å². The summed E-state index contributed by atoms with van der Waals surface area (Å²) in [6.45, 7) is 1.71. The first kappa shape index (κ1) is 15.1. The predicted molar refractivity (Wildman–Crippen MR) is 79.1 cm³/mol. The van der Waals surface area contributed by atoms with Gasteiger partial charge in [0, 0.05) is 17.7 Å². The van der Waals surface area contributed by atoms with E-state index in [2.05, 4.69) is 0 Å². The Morgan fingerprint density at radius 3 is 2.71 bits per heavy atom. The molecule has 1 fully saturated rings. The maximum atomic E-state index is 12.2. The summed E-state index contributed by atoms with van der Waals surface area (Å²) in [6, 6.07) is 5.76. The van der Waals surface area contributed by atoms with Gasteiger partial charge < -0.3 is 14.7 Å². The number of nitrogens with zero attached hydrogens (tertiary/aromatic N) is 1. The minimum Gasteiger partial charge on any atom is -0.496 e. The van der Waals surface area contributed by atoms with E-state index >= 15 is 0 Å². The first-order valence-electron chi connectivity index (χ1n) is 6.86. The largest absolute Gasteiger partial charge is 0.496 e. The second-order valence-electron chi connectivity index (χ2n) is 5.17. The number of carboxylic acids is 1. The highest BCUT2D eigenvalue weighted by Crippen LogP contribution is 2.27. The standard InChI is InChI=1S/C16H19NO4/c1-11-3-7-14(21-2)12(9-11)4-8-15(18)17(10-16(19)20)13-5-6-13/h3-4,7-9,13H,5-6,10H2,1-2H3,(H,19,20)/b8-4-. The maximum absolute atomic E-state index is 12.2. The molecular weight excluding hydrogens is 270 g/mol. The lowest BCUT2D eigenvalue weighted by atomic mass is 10.1. The molecule has 2 rings (SSSR count). The van der Waals surface area contributed by atoms with Crippen LogP contribution in [0.2, 0.25) is 0 Å². The van der Waals surface area contributed by atoms with Crippen molar-refractivity contribution in [1.29, 1.82) is 0 Å². The first-order valence-corrected chi connectivity index (χ1v) is 6.86. The Balaban J connectivity index is 2.13. The third-order valence-corrected chi connectivity index (χ3v) is 3.37. The second-order valence-corrected chi connectivity index (χ2v) is 5.17. The normalized spacial score (nSPS) is 14.2. The van der Waals surface area contributed by atoms with E-state index in [-0.39, 0.29) is 18.5 Å². The van der Waals surface area contributed by atoms with Gasteiger partial charge in [-0.25, -0.2) is 0 Å². The van der Waals surface area contributed by atoms with Gasteiger partial charge in [0.25, 0.3) is 0 Å². The number of hydrogen-bond donors (Lipinski definition) is 1. The van der Waals surface area contributed by atoms with E-state index in [0.717, 1.165) is 24.0 Å². The maximum Gasteiger partial charge on any atom is 0.323 e. The summed E-state index contributed by atoms with van der Waals surface area (Å²) in [4.78, 5) is 24.4. The SMILES string of the molecule is COc1ccc(C)cc1/C=C\C(=O)N(CC(=O)O)C1CC1. The molecule has 1 aromatic rings. The van der Waals surface area contributed by atoms with E-state index < -0.39 is 5.97 Å². The molecule has 0 spiro atoms. The van der Waals surface area contributed by atoms with E-state index in [9.17, 15) is 9.59 Å². The highest BCUT2D eigenvalue weighted by atomic mass is 16.5. The molecule has 1 N–H and O–H groups in total. The fraction of sp³-hybridized carbons (Fsp3) is 0.375. The molecule has 1 amide bonds. The zero-order valence-electron chi connectivity index (χ0n) is 12.2. The van der Waals surface area contributed by atoms with Gasteiger partial charge in [0.1, 0.15) is 12.3 Å². The molecule has 0 saturated heterocycles. The van der Waals surface area contributed by atoms with E-state index in [4.69, 9.17) is 9.84 Å². The molecule has 1 aliphatic carbocycles. The van der Waals surface area contributed by atoms with Gasteiger partial charge in [-0.1, -0.05) is 11.6 Å². The van der Waals surface area contributed by atoms with Gasteiger partial charge in [-0.15, -0.1) is 0 Å². The molecule has 5 heteroatoms. The van der Waals surface area contributed by atoms with Gasteiger partial charge in [-0.3, -0.25) is 9.59 Å². The number of hydrogen-bond acceptors (Lipinski definition) is 3. The van der Waals surface area contributed by atoms with E-state index in [1.54, 1.807) is 13.2 Å². The van der Waals surface area contributed by atoms with Crippen LogP contribution in [0.4, 0.5) is 0 Å². The molecule has 1 aromatic carbocycles. The fourth-order valence-electron chi connectivity index (χ4n) is 2.16. The summed E-state index contributed by atoms with van der Waals surface area (Å²) >= 11 is 0. The Morgan fingerprint density at radius 2 is 2.14 bits per heavy atom. The van der Waals surface area contributed by atoms with Crippen LogP contribution in [-0.2, 0) is 9.59 Å². The number of aliphatic carboxylic acids is 1. The van der Waals surface area contributed by atoms with Crippen molar-refractivity contribution in [2.75, 3.05) is 13.7 Å². The number of carboxylic acid groups (broad SMARTS) is 1. The summed E-state index contributed by atoms with van der Waals surface area (Å²) in [7, 11) is 1.57. The van der Waals surface area contributed by atoms with Crippen molar-refractivity contribution < 1.29 is 19.4 Å². The quantitative estimate of drug-likeness (QED) is 0.814. The van der Waals surface area contributed by atoms with Crippen LogP contribution in [0.25, 0.3) is 6.08 Å². The molecule has 5 nitrogen and oxygen atoms in total. The zero-order valence-corrected chi connectivity index (χ0v) is 12.2. The molecule has 0 aromatic heterocycles. The van der Waals surface area contributed by atoms with Gasteiger partial charge in [0.15, 0.2) is 0 Å². The predicted octanol–water partition coefficient (Wildman–Crippen LogP) is 2.09. The van der Waals surface area contributed by atoms with Gasteiger partial charge in [-0.05, 0) is 38.0 Å². The summed E-state index contributed by atoms with van der Waals surface area (Å²) < 4.78 is 5.25. The van der Waals surface area contributed by atoms with Gasteiger partial charge >= 0.3 is 5.97 Å². The van der Waals surface area contributed by atoms with Crippen molar-refractivity contribution in [3.63, 3.8) is 0 Å². The molecule has 0 bridgehead atoms. The van der Waals surface area contributed by atoms with Crippen LogP contribution < -0.4 is 4.74 Å². The summed E-state index contributed by atoms with van der Waals surface area (Å²) in [6.07, 6.45) is 4.84. The van der Waals surface area contributed by atoms with Crippen molar-refractivity contribution in [2.24, 2.45) is 0 Å². The molecular formula is C16H19NO4. The summed E-state index contributed by atoms with van der Waals surface area (Å²) in [5, 5.41) is 8.88. The number of carbonyl (C=O) groups is 2. The molecule has 0 unspecified atom stereocenters. The van der Waals surface area contributed by atoms with Gasteiger partial charge in [-0.2, -0.15) is 0 Å². The Morgan fingerprint density at radius 1 is 1.43 bits per heavy atom. The summed E-state index contributed by atoms with van der Waals surface area (Å²) in [5.74, 6) is -0.582. The number of methoxy groups -OCH3 is 1. The van der Waals surface area contributed by atoms with Crippen molar-refractivity contribution in [2.45, 2.75) is 25.8 Å². The minimum atomic E-state index is -0.989. The van der Waals surface area contributed by atoms with Crippen molar-refractivity contribution in [3.8, 4) is 5.75 Å². The van der Waals surface area contributed by atoms with Gasteiger partial charge in [0.2, 0.25) is 5.91 Å². The van der Waals surface area contributed by atoms with Crippen LogP contribution in [0.3, 0.4) is 0 Å². The molecule has 0 heterocycles. The lowest BCUT2D eigenvalue weighted by molar-refractivity contribution is -0.143. The third-order valence-electron chi connectivity index (χ3n) is 3.37. The highest BCUT2D eigenvalue weighted by Gasteiger charge is 2.32. The number of rotatable bonds is 6. The van der Waals surface area contributed by atoms with Crippen molar-refractivity contribution >= 4 is 18.0 Å². The number of carbonyl (C=O) groups excluding carboxylic acids is 1. The minimum absolute atomic E-state index is 0.0673. The highest BCUT2D eigenvalue weighted by molar-refractivity contribution is 5.94. The van der Waals surface area contributed by atoms with E-state index in [1.165, 1.54) is 11.0 Å². The molecule has 0 atom stereocenters. The molecule has 21 heavy (non-hydrogen) atoms. The lowest BCUT2D eigenvalue weighted by Gasteiger charge is -2.18. The average Bonchev–Trinajstić information content (AvgIpc) is 3.26. The van der Waals surface area contributed by atoms with Crippen LogP contribution in [0, 0.1) is 6.92 Å². The molecule has 0 aliphatic heterocycles. The van der Waals surface area contributed by atoms with Crippen LogP contribution >= 0.6 is 0 Å². The van der Waals surface area contributed by atoms with Crippen LogP contribution in [0.15, 0.2) is 24.3 Å². The molecule has 1 saturated carbocycles. The topological polar surface area (TPSA) is 66.8 Å². The first-order chi connectivity index (χ1) is 10.0. The van der Waals surface area contributed by atoms with E-state index in [0.29, 0.717) is 5.75 Å². The Bertz CT molecular complexity index is 576. The molecule has 1 aliphatic rings. The smallest absolute Gasteiger partial charge is 0.323 e.